The minimum atomic E-state index is -3.74. The summed E-state index contributed by atoms with van der Waals surface area (Å²) in [5, 5.41) is 0. The SMILES string of the molecule is COc1cccc(C(CNS(=O)(=O)c2ccc(OC)c(OC)c2)OC)c1. The van der Waals surface area contributed by atoms with E-state index in [4.69, 9.17) is 18.9 Å². The van der Waals surface area contributed by atoms with E-state index in [0.29, 0.717) is 17.2 Å². The zero-order chi connectivity index (χ0) is 19.2. The number of benzene rings is 2. The largest absolute Gasteiger partial charge is 0.497 e. The van der Waals surface area contributed by atoms with Crippen molar-refractivity contribution in [3.8, 4) is 17.2 Å². The quantitative estimate of drug-likeness (QED) is 0.718. The summed E-state index contributed by atoms with van der Waals surface area (Å²) in [7, 11) is 2.29. The highest BCUT2D eigenvalue weighted by Crippen LogP contribution is 2.29. The summed E-state index contributed by atoms with van der Waals surface area (Å²) >= 11 is 0. The summed E-state index contributed by atoms with van der Waals surface area (Å²) in [5.41, 5.74) is 0.807. The molecule has 26 heavy (non-hydrogen) atoms. The normalized spacial score (nSPS) is 12.5. The zero-order valence-corrected chi connectivity index (χ0v) is 16.0. The van der Waals surface area contributed by atoms with Gasteiger partial charge in [0.2, 0.25) is 10.0 Å². The van der Waals surface area contributed by atoms with Gasteiger partial charge in [-0.15, -0.1) is 0 Å². The molecule has 0 aliphatic heterocycles. The Morgan fingerprint density at radius 1 is 0.923 bits per heavy atom. The van der Waals surface area contributed by atoms with Crippen molar-refractivity contribution in [1.29, 1.82) is 0 Å². The van der Waals surface area contributed by atoms with Crippen LogP contribution >= 0.6 is 0 Å². The highest BCUT2D eigenvalue weighted by molar-refractivity contribution is 7.89. The minimum Gasteiger partial charge on any atom is -0.497 e. The molecular formula is C18H23NO6S. The second kappa shape index (κ2) is 8.88. The third-order valence-electron chi connectivity index (χ3n) is 3.87. The number of ether oxygens (including phenoxy) is 4. The van der Waals surface area contributed by atoms with E-state index in [0.717, 1.165) is 5.56 Å². The van der Waals surface area contributed by atoms with Gasteiger partial charge in [-0.25, -0.2) is 13.1 Å². The minimum absolute atomic E-state index is 0.0698. The van der Waals surface area contributed by atoms with E-state index in [-0.39, 0.29) is 11.4 Å². The van der Waals surface area contributed by atoms with Crippen molar-refractivity contribution in [3.05, 3.63) is 48.0 Å². The molecule has 0 aliphatic rings. The number of hydrogen-bond donors (Lipinski definition) is 1. The topological polar surface area (TPSA) is 83.1 Å². The van der Waals surface area contributed by atoms with E-state index < -0.39 is 16.1 Å². The van der Waals surface area contributed by atoms with Crippen molar-refractivity contribution in [2.45, 2.75) is 11.0 Å². The molecule has 142 valence electrons. The second-order valence-electron chi connectivity index (χ2n) is 5.37. The molecule has 0 aliphatic carbocycles. The van der Waals surface area contributed by atoms with Crippen molar-refractivity contribution in [2.75, 3.05) is 35.0 Å². The van der Waals surface area contributed by atoms with Gasteiger partial charge in [-0.1, -0.05) is 12.1 Å². The monoisotopic (exact) mass is 381 g/mol. The molecule has 2 aromatic carbocycles. The molecule has 2 rings (SSSR count). The van der Waals surface area contributed by atoms with E-state index >= 15 is 0 Å². The lowest BCUT2D eigenvalue weighted by atomic mass is 10.1. The summed E-state index contributed by atoms with van der Waals surface area (Å²) in [6.07, 6.45) is -0.458. The first-order chi connectivity index (χ1) is 12.4. The lowest BCUT2D eigenvalue weighted by Crippen LogP contribution is -2.29. The maximum Gasteiger partial charge on any atom is 0.240 e. The molecule has 0 fully saturated rings. The first-order valence-corrected chi connectivity index (χ1v) is 9.32. The Labute approximate surface area is 153 Å². The number of nitrogens with one attached hydrogen (secondary N) is 1. The molecule has 0 radical (unpaired) electrons. The average Bonchev–Trinajstić information content (AvgIpc) is 2.67. The van der Waals surface area contributed by atoms with Crippen LogP contribution in [0.25, 0.3) is 0 Å². The fourth-order valence-electron chi connectivity index (χ4n) is 2.43. The molecule has 0 spiro atoms. The third-order valence-corrected chi connectivity index (χ3v) is 5.30. The van der Waals surface area contributed by atoms with Gasteiger partial charge in [0.1, 0.15) is 5.75 Å². The van der Waals surface area contributed by atoms with Crippen LogP contribution in [0.1, 0.15) is 11.7 Å². The third kappa shape index (κ3) is 4.66. The van der Waals surface area contributed by atoms with Crippen LogP contribution in [0.5, 0.6) is 17.2 Å². The molecule has 0 aromatic heterocycles. The van der Waals surface area contributed by atoms with E-state index in [1.54, 1.807) is 19.2 Å². The lowest BCUT2D eigenvalue weighted by Gasteiger charge is -2.18. The van der Waals surface area contributed by atoms with Crippen molar-refractivity contribution in [1.82, 2.24) is 4.72 Å². The maximum atomic E-state index is 12.6. The van der Waals surface area contributed by atoms with Crippen molar-refractivity contribution in [2.24, 2.45) is 0 Å². The number of methoxy groups -OCH3 is 4. The Kier molecular flexibility index (Phi) is 6.84. The highest BCUT2D eigenvalue weighted by Gasteiger charge is 2.20. The molecule has 0 bridgehead atoms. The number of rotatable bonds is 9. The Bertz CT molecular complexity index is 837. The van der Waals surface area contributed by atoms with Gasteiger partial charge in [0.05, 0.1) is 32.3 Å². The van der Waals surface area contributed by atoms with Gasteiger partial charge < -0.3 is 18.9 Å². The van der Waals surface area contributed by atoms with Crippen LogP contribution in [0.2, 0.25) is 0 Å². The molecule has 7 nitrogen and oxygen atoms in total. The molecule has 1 atom stereocenters. The molecule has 0 amide bonds. The molecule has 1 N–H and O–H groups in total. The Morgan fingerprint density at radius 2 is 1.65 bits per heavy atom. The van der Waals surface area contributed by atoms with E-state index in [1.165, 1.54) is 33.5 Å². The molecule has 0 heterocycles. The Balaban J connectivity index is 2.17. The van der Waals surface area contributed by atoms with Crippen LogP contribution < -0.4 is 18.9 Å². The predicted octanol–water partition coefficient (Wildman–Crippen LogP) is 2.38. The van der Waals surface area contributed by atoms with Crippen molar-refractivity contribution in [3.63, 3.8) is 0 Å². The maximum absolute atomic E-state index is 12.6. The van der Waals surface area contributed by atoms with Gasteiger partial charge in [-0.2, -0.15) is 0 Å². The van der Waals surface area contributed by atoms with Crippen molar-refractivity contribution < 1.29 is 27.4 Å². The fraction of sp³-hybridized carbons (Fsp3) is 0.333. The van der Waals surface area contributed by atoms with Gasteiger partial charge in [-0.05, 0) is 29.8 Å². The summed E-state index contributed by atoms with van der Waals surface area (Å²) in [4.78, 5) is 0.0793. The van der Waals surface area contributed by atoms with Crippen LogP contribution in [-0.4, -0.2) is 43.4 Å². The average molecular weight is 381 g/mol. The van der Waals surface area contributed by atoms with Crippen LogP contribution in [0, 0.1) is 0 Å². The number of sulfonamides is 1. The number of hydrogen-bond acceptors (Lipinski definition) is 6. The standard InChI is InChI=1S/C18H23NO6S/c1-22-14-7-5-6-13(10-14)18(25-4)12-19-26(20,21)15-8-9-16(23-2)17(11-15)24-3/h5-11,18-19H,12H2,1-4H3. The smallest absolute Gasteiger partial charge is 0.240 e. The van der Waals surface area contributed by atoms with Gasteiger partial charge in [0.15, 0.2) is 11.5 Å². The van der Waals surface area contributed by atoms with Crippen molar-refractivity contribution >= 4 is 10.0 Å². The van der Waals surface area contributed by atoms with Crippen LogP contribution in [-0.2, 0) is 14.8 Å². The van der Waals surface area contributed by atoms with Crippen LogP contribution in [0.4, 0.5) is 0 Å². The van der Waals surface area contributed by atoms with Gasteiger partial charge in [0, 0.05) is 19.7 Å². The molecule has 8 heteroatoms. The second-order valence-corrected chi connectivity index (χ2v) is 7.14. The summed E-state index contributed by atoms with van der Waals surface area (Å²) in [5.74, 6) is 1.47. The summed E-state index contributed by atoms with van der Waals surface area (Å²) < 4.78 is 48.6. The molecule has 1 unspecified atom stereocenters. The summed E-state index contributed by atoms with van der Waals surface area (Å²) in [6.45, 7) is 0.0698. The molecule has 0 saturated heterocycles. The molecule has 0 saturated carbocycles. The first kappa shape index (κ1) is 20.0. The molecule has 2 aromatic rings. The van der Waals surface area contributed by atoms with Gasteiger partial charge in [-0.3, -0.25) is 0 Å². The Morgan fingerprint density at radius 3 is 2.27 bits per heavy atom. The highest BCUT2D eigenvalue weighted by atomic mass is 32.2. The Hall–Kier alpha value is -2.29. The van der Waals surface area contributed by atoms with Gasteiger partial charge >= 0.3 is 0 Å². The predicted molar refractivity (Wildman–Crippen MR) is 97.5 cm³/mol. The summed E-state index contributed by atoms with van der Waals surface area (Å²) in [6, 6.07) is 11.7. The molecular weight excluding hydrogens is 358 g/mol. The van der Waals surface area contributed by atoms with Crippen LogP contribution in [0.15, 0.2) is 47.4 Å². The van der Waals surface area contributed by atoms with E-state index in [9.17, 15) is 8.42 Å². The first-order valence-electron chi connectivity index (χ1n) is 7.83. The van der Waals surface area contributed by atoms with E-state index in [1.807, 2.05) is 18.2 Å². The lowest BCUT2D eigenvalue weighted by molar-refractivity contribution is 0.107. The van der Waals surface area contributed by atoms with Crippen LogP contribution in [0.3, 0.4) is 0 Å². The zero-order valence-electron chi connectivity index (χ0n) is 15.2. The van der Waals surface area contributed by atoms with E-state index in [2.05, 4.69) is 4.72 Å². The van der Waals surface area contributed by atoms with Gasteiger partial charge in [0.25, 0.3) is 0 Å². The fourth-order valence-corrected chi connectivity index (χ4v) is 3.48.